The number of imidazole rings is 1. The van der Waals surface area contributed by atoms with Gasteiger partial charge in [0.2, 0.25) is 0 Å². The van der Waals surface area contributed by atoms with Gasteiger partial charge in [-0.2, -0.15) is 13.2 Å². The number of nitrogens with zero attached hydrogens (tertiary/aromatic N) is 4. The number of carboxylic acid groups (broad SMARTS) is 1. The Morgan fingerprint density at radius 2 is 1.84 bits per heavy atom. The molecule has 0 spiro atoms. The predicted molar refractivity (Wildman–Crippen MR) is 129 cm³/mol. The molecular weight excluding hydrogens is 505 g/mol. The van der Waals surface area contributed by atoms with E-state index in [4.69, 9.17) is 9.90 Å². The van der Waals surface area contributed by atoms with Gasteiger partial charge in [0, 0.05) is 36.4 Å². The minimum atomic E-state index is -5.08. The smallest absolute Gasteiger partial charge is 0.475 e. The number of hydrogen-bond donors (Lipinski definition) is 3. The van der Waals surface area contributed by atoms with Crippen LogP contribution in [0.5, 0.6) is 0 Å². The highest BCUT2D eigenvalue weighted by Gasteiger charge is 2.38. The van der Waals surface area contributed by atoms with Crippen LogP contribution in [0.1, 0.15) is 45.5 Å². The Labute approximate surface area is 214 Å². The standard InChI is InChI=1S/C23H22N6O2.C2HF3O2/c1-15-21-27-20(22(30)25-13-17-7-4-5-9-24-17)14-28(21)10-11-29(15)23(31)19-12-16-6-2-3-8-18(16)26-19;3-2(4,5)1(6)7/h2-9,12,14-15,26H,10-11,13H2,1H3,(H,25,30);(H,6,7). The Balaban J connectivity index is 0.000000426. The Bertz CT molecular complexity index is 1430. The van der Waals surface area contributed by atoms with Crippen molar-refractivity contribution < 1.29 is 32.7 Å². The van der Waals surface area contributed by atoms with Gasteiger partial charge in [0.15, 0.2) is 0 Å². The van der Waals surface area contributed by atoms with Crippen LogP contribution >= 0.6 is 0 Å². The fourth-order valence-corrected chi connectivity index (χ4v) is 3.99. The quantitative estimate of drug-likeness (QED) is 0.371. The van der Waals surface area contributed by atoms with Crippen molar-refractivity contribution >= 4 is 28.7 Å². The molecule has 0 fully saturated rings. The number of hydrogen-bond acceptors (Lipinski definition) is 5. The molecule has 1 aliphatic heterocycles. The highest BCUT2D eigenvalue weighted by Crippen LogP contribution is 2.27. The van der Waals surface area contributed by atoms with Crippen LogP contribution in [0.25, 0.3) is 10.9 Å². The molecule has 1 unspecified atom stereocenters. The van der Waals surface area contributed by atoms with Gasteiger partial charge in [-0.1, -0.05) is 24.3 Å². The van der Waals surface area contributed by atoms with E-state index in [0.717, 1.165) is 16.6 Å². The van der Waals surface area contributed by atoms with Gasteiger partial charge >= 0.3 is 12.1 Å². The average Bonchev–Trinajstić information content (AvgIpc) is 3.53. The number of aromatic amines is 1. The van der Waals surface area contributed by atoms with Crippen molar-refractivity contribution in [3.8, 4) is 0 Å². The van der Waals surface area contributed by atoms with Crippen LogP contribution in [0, 0.1) is 0 Å². The summed E-state index contributed by atoms with van der Waals surface area (Å²) in [5.41, 5.74) is 2.62. The molecule has 0 saturated carbocycles. The van der Waals surface area contributed by atoms with Crippen LogP contribution in [0.2, 0.25) is 0 Å². The molecule has 3 aromatic heterocycles. The maximum atomic E-state index is 13.2. The predicted octanol–water partition coefficient (Wildman–Crippen LogP) is 3.54. The number of amides is 2. The monoisotopic (exact) mass is 528 g/mol. The van der Waals surface area contributed by atoms with E-state index >= 15 is 0 Å². The number of carbonyl (C=O) groups excluding carboxylic acids is 2. The summed E-state index contributed by atoms with van der Waals surface area (Å²) in [7, 11) is 0. The number of alkyl halides is 3. The van der Waals surface area contributed by atoms with Gasteiger partial charge in [0.1, 0.15) is 17.2 Å². The van der Waals surface area contributed by atoms with Crippen LogP contribution in [0.15, 0.2) is 60.9 Å². The number of fused-ring (bicyclic) bond motifs is 2. The zero-order valence-electron chi connectivity index (χ0n) is 20.1. The molecule has 10 nitrogen and oxygen atoms in total. The molecule has 13 heteroatoms. The van der Waals surface area contributed by atoms with E-state index in [1.165, 1.54) is 0 Å². The summed E-state index contributed by atoms with van der Waals surface area (Å²) in [5.74, 6) is -2.38. The zero-order chi connectivity index (χ0) is 27.4. The fraction of sp³-hybridized carbons (Fsp3) is 0.240. The van der Waals surface area contributed by atoms with E-state index in [1.54, 1.807) is 17.3 Å². The number of halogens is 3. The Morgan fingerprint density at radius 3 is 2.50 bits per heavy atom. The van der Waals surface area contributed by atoms with Crippen LogP contribution < -0.4 is 5.32 Å². The van der Waals surface area contributed by atoms with Crippen molar-refractivity contribution in [1.29, 1.82) is 0 Å². The number of para-hydroxylation sites is 1. The van der Waals surface area contributed by atoms with Gasteiger partial charge in [0.05, 0.1) is 18.3 Å². The average molecular weight is 528 g/mol. The summed E-state index contributed by atoms with van der Waals surface area (Å²) in [6.07, 6.45) is -1.64. The van der Waals surface area contributed by atoms with Crippen LogP contribution in [-0.4, -0.2) is 60.0 Å². The molecule has 0 radical (unpaired) electrons. The van der Waals surface area contributed by atoms with E-state index in [-0.39, 0.29) is 17.9 Å². The molecule has 0 saturated heterocycles. The first-order valence-corrected chi connectivity index (χ1v) is 11.5. The summed E-state index contributed by atoms with van der Waals surface area (Å²) in [6.45, 7) is 3.41. The summed E-state index contributed by atoms with van der Waals surface area (Å²) in [6, 6.07) is 15.0. The highest BCUT2D eigenvalue weighted by atomic mass is 19.4. The van der Waals surface area contributed by atoms with Crippen molar-refractivity contribution in [2.75, 3.05) is 6.54 Å². The van der Waals surface area contributed by atoms with Gasteiger partial charge in [-0.05, 0) is 31.2 Å². The van der Waals surface area contributed by atoms with Crippen molar-refractivity contribution in [3.05, 3.63) is 83.8 Å². The summed E-state index contributed by atoms with van der Waals surface area (Å²) >= 11 is 0. The zero-order valence-corrected chi connectivity index (χ0v) is 20.1. The molecule has 1 aromatic carbocycles. The Hall–Kier alpha value is -4.68. The van der Waals surface area contributed by atoms with Gasteiger partial charge in [-0.25, -0.2) is 9.78 Å². The SMILES string of the molecule is CC1c2nc(C(=O)NCc3ccccn3)cn2CCN1C(=O)c1cc2ccccc2[nH]1.O=C(O)C(F)(F)F. The number of carbonyl (C=O) groups is 3. The maximum absolute atomic E-state index is 13.2. The third kappa shape index (κ3) is 5.82. The number of carboxylic acids is 1. The Morgan fingerprint density at radius 1 is 1.13 bits per heavy atom. The third-order valence-corrected chi connectivity index (χ3v) is 5.88. The molecule has 3 N–H and O–H groups in total. The molecule has 4 heterocycles. The minimum Gasteiger partial charge on any atom is -0.475 e. The second-order valence-corrected chi connectivity index (χ2v) is 8.43. The number of aliphatic carboxylic acids is 1. The molecule has 4 aromatic rings. The molecule has 5 rings (SSSR count). The van der Waals surface area contributed by atoms with E-state index in [2.05, 4.69) is 20.3 Å². The number of pyridine rings is 1. The van der Waals surface area contributed by atoms with E-state index in [0.29, 0.717) is 36.8 Å². The van der Waals surface area contributed by atoms with Crippen LogP contribution in [-0.2, 0) is 17.9 Å². The number of rotatable bonds is 4. The number of H-pyrrole nitrogens is 1. The minimum absolute atomic E-state index is 0.0703. The van der Waals surface area contributed by atoms with E-state index < -0.39 is 12.1 Å². The molecule has 0 bridgehead atoms. The van der Waals surface area contributed by atoms with E-state index in [9.17, 15) is 22.8 Å². The summed E-state index contributed by atoms with van der Waals surface area (Å²) in [4.78, 5) is 48.4. The molecule has 1 atom stereocenters. The molecule has 2 amide bonds. The van der Waals surface area contributed by atoms with Gasteiger partial charge < -0.3 is 24.9 Å². The normalized spacial score (nSPS) is 14.8. The van der Waals surface area contributed by atoms with Crippen molar-refractivity contribution in [2.24, 2.45) is 0 Å². The molecule has 0 aliphatic carbocycles. The number of benzene rings is 1. The summed E-state index contributed by atoms with van der Waals surface area (Å²) in [5, 5.41) is 11.0. The van der Waals surface area contributed by atoms with Crippen molar-refractivity contribution in [1.82, 2.24) is 29.7 Å². The lowest BCUT2D eigenvalue weighted by Crippen LogP contribution is -2.41. The molecular formula is C25H23F3N6O4. The van der Waals surface area contributed by atoms with Crippen molar-refractivity contribution in [3.63, 3.8) is 0 Å². The lowest BCUT2D eigenvalue weighted by Gasteiger charge is -2.33. The van der Waals surface area contributed by atoms with Gasteiger partial charge in [-0.3, -0.25) is 14.6 Å². The van der Waals surface area contributed by atoms with Gasteiger partial charge in [-0.15, -0.1) is 0 Å². The first-order valence-electron chi connectivity index (χ1n) is 11.5. The topological polar surface area (TPSA) is 133 Å². The largest absolute Gasteiger partial charge is 0.490 e. The fourth-order valence-electron chi connectivity index (χ4n) is 3.99. The molecule has 198 valence electrons. The Kier molecular flexibility index (Phi) is 7.46. The van der Waals surface area contributed by atoms with E-state index in [1.807, 2.05) is 60.0 Å². The maximum Gasteiger partial charge on any atom is 0.490 e. The molecule has 38 heavy (non-hydrogen) atoms. The second kappa shape index (κ2) is 10.7. The lowest BCUT2D eigenvalue weighted by atomic mass is 10.2. The molecule has 1 aliphatic rings. The third-order valence-electron chi connectivity index (χ3n) is 5.88. The van der Waals surface area contributed by atoms with Gasteiger partial charge in [0.25, 0.3) is 11.8 Å². The van der Waals surface area contributed by atoms with Crippen LogP contribution in [0.3, 0.4) is 0 Å². The second-order valence-electron chi connectivity index (χ2n) is 8.43. The summed E-state index contributed by atoms with van der Waals surface area (Å²) < 4.78 is 33.7. The highest BCUT2D eigenvalue weighted by molar-refractivity contribution is 5.98. The first kappa shape index (κ1) is 26.4. The number of aromatic nitrogens is 4. The first-order chi connectivity index (χ1) is 18.0. The van der Waals surface area contributed by atoms with Crippen molar-refractivity contribution in [2.45, 2.75) is 32.2 Å². The number of nitrogens with one attached hydrogen (secondary N) is 2. The van der Waals surface area contributed by atoms with Crippen LogP contribution in [0.4, 0.5) is 13.2 Å². The lowest BCUT2D eigenvalue weighted by molar-refractivity contribution is -0.192.